The number of anilines is 2. The molecule has 172 valence electrons. The van der Waals surface area contributed by atoms with Crippen molar-refractivity contribution in [1.29, 1.82) is 0 Å². The van der Waals surface area contributed by atoms with Crippen LogP contribution in [0.25, 0.3) is 33.1 Å². The highest BCUT2D eigenvalue weighted by atomic mass is 16.3. The highest BCUT2D eigenvalue weighted by Crippen LogP contribution is 2.53. The predicted octanol–water partition coefficient (Wildman–Crippen LogP) is 9.16. The van der Waals surface area contributed by atoms with E-state index in [0.29, 0.717) is 0 Å². The Hall–Kier alpha value is -4.04. The maximum absolute atomic E-state index is 6.83. The van der Waals surface area contributed by atoms with Crippen LogP contribution in [-0.2, 0) is 5.41 Å². The molecule has 0 atom stereocenters. The number of para-hydroxylation sites is 2. The van der Waals surface area contributed by atoms with Crippen molar-refractivity contribution in [2.75, 3.05) is 11.4 Å². The molecule has 0 saturated heterocycles. The molecule has 1 aliphatic carbocycles. The highest BCUT2D eigenvalue weighted by molar-refractivity contribution is 6.14. The summed E-state index contributed by atoms with van der Waals surface area (Å²) in [6.07, 6.45) is 8.39. The average molecular weight is 456 g/mol. The van der Waals surface area contributed by atoms with Crippen LogP contribution in [0.4, 0.5) is 11.4 Å². The fourth-order valence-corrected chi connectivity index (χ4v) is 5.55. The van der Waals surface area contributed by atoms with Crippen LogP contribution < -0.4 is 4.90 Å². The third-order valence-electron chi connectivity index (χ3n) is 7.28. The van der Waals surface area contributed by atoms with E-state index in [2.05, 4.69) is 122 Å². The van der Waals surface area contributed by atoms with Crippen LogP contribution in [0.3, 0.4) is 0 Å². The Morgan fingerprint density at radius 2 is 1.51 bits per heavy atom. The molecule has 2 nitrogen and oxygen atoms in total. The quantitative estimate of drug-likeness (QED) is 0.246. The molecule has 0 saturated carbocycles. The van der Waals surface area contributed by atoms with Crippen molar-refractivity contribution in [1.82, 2.24) is 0 Å². The van der Waals surface area contributed by atoms with E-state index in [4.69, 9.17) is 4.42 Å². The second kappa shape index (κ2) is 8.32. The van der Waals surface area contributed by atoms with Gasteiger partial charge in [0.25, 0.3) is 0 Å². The number of benzene rings is 4. The van der Waals surface area contributed by atoms with Gasteiger partial charge in [-0.3, -0.25) is 0 Å². The molecule has 6 rings (SSSR count). The zero-order valence-electron chi connectivity index (χ0n) is 20.5. The van der Waals surface area contributed by atoms with Gasteiger partial charge >= 0.3 is 0 Å². The summed E-state index contributed by atoms with van der Waals surface area (Å²) in [5, 5.41) is 2.33. The molecule has 2 heteroatoms. The van der Waals surface area contributed by atoms with Gasteiger partial charge in [-0.25, -0.2) is 0 Å². The van der Waals surface area contributed by atoms with Crippen LogP contribution in [0.5, 0.6) is 0 Å². The van der Waals surface area contributed by atoms with Crippen LogP contribution in [0, 0.1) is 0 Å². The van der Waals surface area contributed by atoms with Crippen LogP contribution in [0.1, 0.15) is 31.9 Å². The zero-order chi connectivity index (χ0) is 24.0. The average Bonchev–Trinajstić information content (AvgIpc) is 3.38. The van der Waals surface area contributed by atoms with Crippen molar-refractivity contribution >= 4 is 33.3 Å². The lowest BCUT2D eigenvalue weighted by Crippen LogP contribution is -2.16. The van der Waals surface area contributed by atoms with Gasteiger partial charge in [-0.15, -0.1) is 0 Å². The van der Waals surface area contributed by atoms with E-state index in [0.717, 1.165) is 34.5 Å². The molecule has 1 aromatic heterocycles. The molecule has 0 fully saturated rings. The molecule has 0 unspecified atom stereocenters. The number of rotatable bonds is 5. The van der Waals surface area contributed by atoms with Crippen LogP contribution >= 0.6 is 0 Å². The van der Waals surface area contributed by atoms with Gasteiger partial charge in [0.1, 0.15) is 5.58 Å². The Kier molecular flexibility index (Phi) is 5.11. The minimum absolute atomic E-state index is 0.0460. The normalized spacial score (nSPS) is 14.3. The van der Waals surface area contributed by atoms with Gasteiger partial charge in [0, 0.05) is 34.0 Å². The highest BCUT2D eigenvalue weighted by Gasteiger charge is 2.37. The van der Waals surface area contributed by atoms with Crippen molar-refractivity contribution in [2.24, 2.45) is 0 Å². The standard InChI is InChI=1S/C33H29NO/c1-4-5-6-12-22-34(23-14-8-7-9-15-23)29-19-13-17-24-25-20-21-28-30(32(25)35-31(24)29)26-16-10-11-18-27(26)33(28,2)3/h4-21H,22H2,1-3H3/b5-4-,12-6-. The summed E-state index contributed by atoms with van der Waals surface area (Å²) in [5.74, 6) is 0. The van der Waals surface area contributed by atoms with E-state index in [-0.39, 0.29) is 5.41 Å². The predicted molar refractivity (Wildman–Crippen MR) is 149 cm³/mol. The molecular weight excluding hydrogens is 426 g/mol. The van der Waals surface area contributed by atoms with Crippen molar-refractivity contribution in [3.63, 3.8) is 0 Å². The minimum atomic E-state index is -0.0460. The second-order valence-electron chi connectivity index (χ2n) is 9.69. The van der Waals surface area contributed by atoms with Gasteiger partial charge in [0.2, 0.25) is 0 Å². The number of nitrogens with zero attached hydrogens (tertiary/aromatic N) is 1. The smallest absolute Gasteiger partial charge is 0.159 e. The molecule has 0 N–H and O–H groups in total. The number of hydrogen-bond acceptors (Lipinski definition) is 2. The van der Waals surface area contributed by atoms with E-state index >= 15 is 0 Å². The monoisotopic (exact) mass is 455 g/mol. The van der Waals surface area contributed by atoms with Gasteiger partial charge in [0.05, 0.1) is 5.69 Å². The molecule has 4 aromatic carbocycles. The molecule has 0 radical (unpaired) electrons. The summed E-state index contributed by atoms with van der Waals surface area (Å²) in [6, 6.07) is 30.3. The third-order valence-corrected chi connectivity index (χ3v) is 7.28. The van der Waals surface area contributed by atoms with E-state index < -0.39 is 0 Å². The molecule has 0 bridgehead atoms. The van der Waals surface area contributed by atoms with E-state index in [1.165, 1.54) is 27.6 Å². The van der Waals surface area contributed by atoms with E-state index in [1.807, 2.05) is 13.0 Å². The molecule has 1 heterocycles. The zero-order valence-corrected chi connectivity index (χ0v) is 20.5. The van der Waals surface area contributed by atoms with Crippen LogP contribution in [-0.4, -0.2) is 6.54 Å². The van der Waals surface area contributed by atoms with E-state index in [1.54, 1.807) is 0 Å². The SMILES string of the molecule is C/C=C\C=C/CN(c1ccccc1)c1cccc2c1oc1c3c(ccc12)C(C)(C)c1ccccc1-3. The van der Waals surface area contributed by atoms with E-state index in [9.17, 15) is 0 Å². The van der Waals surface area contributed by atoms with Crippen molar-refractivity contribution in [3.05, 3.63) is 120 Å². The summed E-state index contributed by atoms with van der Waals surface area (Å²) in [7, 11) is 0. The third kappa shape index (κ3) is 3.32. The number of furan rings is 1. The summed E-state index contributed by atoms with van der Waals surface area (Å²) >= 11 is 0. The lowest BCUT2D eigenvalue weighted by atomic mass is 9.82. The van der Waals surface area contributed by atoms with Gasteiger partial charge in [-0.05, 0) is 41.8 Å². The van der Waals surface area contributed by atoms with Crippen molar-refractivity contribution < 1.29 is 4.42 Å². The molecule has 0 aliphatic heterocycles. The number of hydrogen-bond donors (Lipinski definition) is 0. The Morgan fingerprint density at radius 3 is 2.34 bits per heavy atom. The summed E-state index contributed by atoms with van der Waals surface area (Å²) in [5.41, 5.74) is 9.32. The number of fused-ring (bicyclic) bond motifs is 7. The molecular formula is C33H29NO. The lowest BCUT2D eigenvalue weighted by molar-refractivity contribution is 0.653. The van der Waals surface area contributed by atoms with Gasteiger partial charge < -0.3 is 9.32 Å². The van der Waals surface area contributed by atoms with Gasteiger partial charge in [-0.1, -0.05) is 105 Å². The largest absolute Gasteiger partial charge is 0.453 e. The molecule has 35 heavy (non-hydrogen) atoms. The molecule has 0 amide bonds. The maximum atomic E-state index is 6.83. The first kappa shape index (κ1) is 21.5. The van der Waals surface area contributed by atoms with Crippen LogP contribution in [0.2, 0.25) is 0 Å². The van der Waals surface area contributed by atoms with Gasteiger partial charge in [0.15, 0.2) is 5.58 Å². The lowest BCUT2D eigenvalue weighted by Gasteiger charge is -2.23. The van der Waals surface area contributed by atoms with Crippen LogP contribution in [0.15, 0.2) is 114 Å². The first-order valence-corrected chi connectivity index (χ1v) is 12.3. The second-order valence-corrected chi connectivity index (χ2v) is 9.69. The number of allylic oxidation sites excluding steroid dienone is 3. The fourth-order valence-electron chi connectivity index (χ4n) is 5.55. The maximum Gasteiger partial charge on any atom is 0.159 e. The van der Waals surface area contributed by atoms with Crippen molar-refractivity contribution in [2.45, 2.75) is 26.2 Å². The summed E-state index contributed by atoms with van der Waals surface area (Å²) < 4.78 is 6.83. The van der Waals surface area contributed by atoms with Gasteiger partial charge in [-0.2, -0.15) is 0 Å². The Bertz CT molecular complexity index is 1600. The Balaban J connectivity index is 1.60. The molecule has 5 aromatic rings. The summed E-state index contributed by atoms with van der Waals surface area (Å²) in [4.78, 5) is 2.32. The Labute approximate surface area is 206 Å². The summed E-state index contributed by atoms with van der Waals surface area (Å²) in [6.45, 7) is 7.41. The molecule has 0 spiro atoms. The first-order valence-electron chi connectivity index (χ1n) is 12.3. The molecule has 1 aliphatic rings. The topological polar surface area (TPSA) is 16.4 Å². The minimum Gasteiger partial charge on any atom is -0.453 e. The first-order chi connectivity index (χ1) is 17.1. The van der Waals surface area contributed by atoms with Crippen molar-refractivity contribution in [3.8, 4) is 11.1 Å². The Morgan fingerprint density at radius 1 is 0.743 bits per heavy atom. The fraction of sp³-hybridized carbons (Fsp3) is 0.152.